The lowest BCUT2D eigenvalue weighted by Gasteiger charge is -2.18. The van der Waals surface area contributed by atoms with Crippen LogP contribution in [0.25, 0.3) is 17.3 Å². The van der Waals surface area contributed by atoms with Crippen LogP contribution in [-0.2, 0) is 4.79 Å². The minimum absolute atomic E-state index is 0.0245. The number of carbonyl (C=O) groups excluding carboxylic acids is 2. The zero-order valence-electron chi connectivity index (χ0n) is 16.1. The third kappa shape index (κ3) is 3.82. The molecule has 31 heavy (non-hydrogen) atoms. The highest BCUT2D eigenvalue weighted by Gasteiger charge is 2.21. The van der Waals surface area contributed by atoms with Crippen LogP contribution < -0.4 is 10.1 Å². The molecule has 0 saturated heterocycles. The molecule has 2 aromatic carbocycles. The summed E-state index contributed by atoms with van der Waals surface area (Å²) in [5.41, 5.74) is 1.84. The first-order chi connectivity index (χ1) is 15.2. The maximum Gasteiger partial charge on any atom is 0.262 e. The van der Waals surface area contributed by atoms with Gasteiger partial charge in [-0.2, -0.15) is 0 Å². The van der Waals surface area contributed by atoms with E-state index in [9.17, 15) is 9.59 Å². The number of carbonyl (C=O) groups is 2. The first kappa shape index (κ1) is 19.1. The van der Waals surface area contributed by atoms with E-state index in [1.807, 2.05) is 41.0 Å². The minimum atomic E-state index is -0.243. The van der Waals surface area contributed by atoms with Gasteiger partial charge in [-0.25, -0.2) is 0 Å². The summed E-state index contributed by atoms with van der Waals surface area (Å²) in [7, 11) is 0. The first-order valence-electron chi connectivity index (χ1n) is 9.46. The van der Waals surface area contributed by atoms with E-state index in [1.165, 1.54) is 11.8 Å². The molecule has 1 aliphatic rings. The molecule has 4 aromatic rings. The number of hydrogen-bond acceptors (Lipinski definition) is 7. The molecule has 0 bridgehead atoms. The fourth-order valence-corrected chi connectivity index (χ4v) is 4.06. The Labute approximate surface area is 181 Å². The molecule has 0 unspecified atom stereocenters. The highest BCUT2D eigenvalue weighted by Crippen LogP contribution is 2.31. The van der Waals surface area contributed by atoms with E-state index in [-0.39, 0.29) is 24.1 Å². The average Bonchev–Trinajstić information content (AvgIpc) is 3.47. The lowest BCUT2D eigenvalue weighted by molar-refractivity contribution is -0.118. The van der Waals surface area contributed by atoms with Crippen molar-refractivity contribution in [2.24, 2.45) is 0 Å². The predicted octanol–water partition coefficient (Wildman–Crippen LogP) is 3.83. The van der Waals surface area contributed by atoms with E-state index in [2.05, 4.69) is 15.5 Å². The van der Waals surface area contributed by atoms with Crippen LogP contribution in [0.15, 0.2) is 76.5 Å². The van der Waals surface area contributed by atoms with E-state index in [0.29, 0.717) is 33.7 Å². The Morgan fingerprint density at radius 2 is 1.97 bits per heavy atom. The van der Waals surface area contributed by atoms with Crippen LogP contribution in [0.2, 0.25) is 0 Å². The molecular formula is C22H16N4O4S. The Morgan fingerprint density at radius 3 is 2.77 bits per heavy atom. The van der Waals surface area contributed by atoms with Gasteiger partial charge in [0.05, 0.1) is 17.7 Å². The van der Waals surface area contributed by atoms with Gasteiger partial charge >= 0.3 is 0 Å². The predicted molar refractivity (Wildman–Crippen MR) is 115 cm³/mol. The molecule has 5 rings (SSSR count). The van der Waals surface area contributed by atoms with Gasteiger partial charge < -0.3 is 14.5 Å². The van der Waals surface area contributed by atoms with Crippen molar-refractivity contribution in [1.29, 1.82) is 0 Å². The number of nitrogens with one attached hydrogen (secondary N) is 1. The number of ketones is 1. The fraction of sp³-hybridized carbons (Fsp3) is 0.0909. The molecule has 0 saturated carbocycles. The third-order valence-electron chi connectivity index (χ3n) is 4.66. The number of thioether (sulfide) groups is 1. The number of anilines is 1. The largest absolute Gasteiger partial charge is 0.482 e. The highest BCUT2D eigenvalue weighted by molar-refractivity contribution is 7.99. The van der Waals surface area contributed by atoms with Gasteiger partial charge in [-0.3, -0.25) is 14.2 Å². The molecule has 1 amide bonds. The van der Waals surface area contributed by atoms with Crippen LogP contribution in [0.5, 0.6) is 5.75 Å². The summed E-state index contributed by atoms with van der Waals surface area (Å²) >= 11 is 1.28. The molecule has 1 aliphatic heterocycles. The van der Waals surface area contributed by atoms with Crippen molar-refractivity contribution in [3.05, 3.63) is 72.5 Å². The molecule has 9 heteroatoms. The standard InChI is InChI=1S/C22H16N4O4S/c27-17(14-8-9-18-16(11-14)23-20(28)12-30-18)13-31-22-25-24-21(19-7-4-10-29-19)26(22)15-5-2-1-3-6-15/h1-11H,12-13H2,(H,23,28). The number of hydrogen-bond donors (Lipinski definition) is 1. The molecule has 1 N–H and O–H groups in total. The van der Waals surface area contributed by atoms with Gasteiger partial charge in [0.25, 0.3) is 5.91 Å². The quantitative estimate of drug-likeness (QED) is 0.365. The Kier molecular flexibility index (Phi) is 5.01. The minimum Gasteiger partial charge on any atom is -0.482 e. The van der Waals surface area contributed by atoms with Gasteiger partial charge in [-0.05, 0) is 42.5 Å². The number of fused-ring (bicyclic) bond motifs is 1. The van der Waals surface area contributed by atoms with E-state index < -0.39 is 0 Å². The molecule has 0 spiro atoms. The second-order valence-corrected chi connectivity index (χ2v) is 7.66. The number of furan rings is 1. The van der Waals surface area contributed by atoms with Crippen LogP contribution >= 0.6 is 11.8 Å². The topological polar surface area (TPSA) is 99.2 Å². The molecule has 154 valence electrons. The van der Waals surface area contributed by atoms with Crippen molar-refractivity contribution in [2.45, 2.75) is 5.16 Å². The summed E-state index contributed by atoms with van der Waals surface area (Å²) in [6, 6.07) is 18.3. The van der Waals surface area contributed by atoms with E-state index >= 15 is 0 Å². The number of ether oxygens (including phenoxy) is 1. The summed E-state index contributed by atoms with van der Waals surface area (Å²) in [6.45, 7) is -0.0245. The Morgan fingerprint density at radius 1 is 1.10 bits per heavy atom. The molecular weight excluding hydrogens is 416 g/mol. The number of amides is 1. The van der Waals surface area contributed by atoms with Crippen LogP contribution in [-0.4, -0.2) is 38.8 Å². The number of para-hydroxylation sites is 1. The third-order valence-corrected chi connectivity index (χ3v) is 5.59. The summed E-state index contributed by atoms with van der Waals surface area (Å²) in [5.74, 6) is 1.50. The van der Waals surface area contributed by atoms with Gasteiger partial charge in [-0.15, -0.1) is 10.2 Å². The molecule has 0 radical (unpaired) electrons. The zero-order valence-corrected chi connectivity index (χ0v) is 17.0. The molecule has 0 fully saturated rings. The van der Waals surface area contributed by atoms with E-state index in [1.54, 1.807) is 30.5 Å². The molecule has 0 aliphatic carbocycles. The summed E-state index contributed by atoms with van der Waals surface area (Å²) in [5, 5.41) is 11.8. The average molecular weight is 432 g/mol. The second kappa shape index (κ2) is 8.11. The maximum absolute atomic E-state index is 12.8. The van der Waals surface area contributed by atoms with Gasteiger partial charge in [0.1, 0.15) is 5.75 Å². The van der Waals surface area contributed by atoms with E-state index in [4.69, 9.17) is 9.15 Å². The molecule has 8 nitrogen and oxygen atoms in total. The number of aromatic nitrogens is 3. The van der Waals surface area contributed by atoms with Gasteiger partial charge in [0.2, 0.25) is 5.82 Å². The number of Topliss-reactive ketones (excluding diaryl/α,β-unsaturated/α-hetero) is 1. The Balaban J connectivity index is 1.40. The van der Waals surface area contributed by atoms with Crippen molar-refractivity contribution in [3.63, 3.8) is 0 Å². The first-order valence-corrected chi connectivity index (χ1v) is 10.4. The Hall–Kier alpha value is -3.85. The zero-order chi connectivity index (χ0) is 21.2. The summed E-state index contributed by atoms with van der Waals surface area (Å²) in [6.07, 6.45) is 1.58. The molecule has 3 heterocycles. The summed E-state index contributed by atoms with van der Waals surface area (Å²) in [4.78, 5) is 24.4. The molecule has 2 aromatic heterocycles. The SMILES string of the molecule is O=C1COc2ccc(C(=O)CSc3nnc(-c4ccco4)n3-c3ccccc3)cc2N1. The van der Waals surface area contributed by atoms with Crippen LogP contribution in [0.3, 0.4) is 0 Å². The second-order valence-electron chi connectivity index (χ2n) is 6.71. The van der Waals surface area contributed by atoms with Crippen molar-refractivity contribution in [2.75, 3.05) is 17.7 Å². The molecule has 0 atom stereocenters. The smallest absolute Gasteiger partial charge is 0.262 e. The van der Waals surface area contributed by atoms with Crippen molar-refractivity contribution < 1.29 is 18.7 Å². The number of rotatable bonds is 6. The van der Waals surface area contributed by atoms with Gasteiger partial charge in [0, 0.05) is 11.3 Å². The lowest BCUT2D eigenvalue weighted by Crippen LogP contribution is -2.25. The Bertz CT molecular complexity index is 1250. The highest BCUT2D eigenvalue weighted by atomic mass is 32.2. The number of benzene rings is 2. The van der Waals surface area contributed by atoms with Crippen LogP contribution in [0, 0.1) is 0 Å². The van der Waals surface area contributed by atoms with Crippen molar-refractivity contribution in [3.8, 4) is 23.0 Å². The van der Waals surface area contributed by atoms with E-state index in [0.717, 1.165) is 5.69 Å². The van der Waals surface area contributed by atoms with Crippen molar-refractivity contribution in [1.82, 2.24) is 14.8 Å². The van der Waals surface area contributed by atoms with Gasteiger partial charge in [-0.1, -0.05) is 30.0 Å². The maximum atomic E-state index is 12.8. The normalized spacial score (nSPS) is 12.7. The number of nitrogens with zero attached hydrogens (tertiary/aromatic N) is 3. The summed E-state index contributed by atoms with van der Waals surface area (Å²) < 4.78 is 12.7. The van der Waals surface area contributed by atoms with Gasteiger partial charge in [0.15, 0.2) is 23.3 Å². The lowest BCUT2D eigenvalue weighted by atomic mass is 10.1. The fourth-order valence-electron chi connectivity index (χ4n) is 3.21. The van der Waals surface area contributed by atoms with Crippen molar-refractivity contribution >= 4 is 29.1 Å². The van der Waals surface area contributed by atoms with Crippen LogP contribution in [0.1, 0.15) is 10.4 Å². The van der Waals surface area contributed by atoms with Crippen LogP contribution in [0.4, 0.5) is 5.69 Å². The monoisotopic (exact) mass is 432 g/mol.